The largest absolute Gasteiger partial charge is 0.497 e. The molecule has 0 bridgehead atoms. The van der Waals surface area contributed by atoms with Crippen LogP contribution in [0.5, 0.6) is 11.6 Å². The van der Waals surface area contributed by atoms with Crippen molar-refractivity contribution in [2.24, 2.45) is 10.2 Å². The van der Waals surface area contributed by atoms with Gasteiger partial charge in [-0.25, -0.2) is 0 Å². The number of nitrogens with zero attached hydrogens (tertiary/aromatic N) is 3. The molecule has 31 heavy (non-hydrogen) atoms. The highest BCUT2D eigenvalue weighted by Gasteiger charge is 2.16. The Bertz CT molecular complexity index is 1250. The molecular weight excluding hydrogens is 408 g/mol. The van der Waals surface area contributed by atoms with E-state index in [1.54, 1.807) is 7.11 Å². The first-order valence-electron chi connectivity index (χ1n) is 9.77. The molecule has 0 aliphatic rings. The van der Waals surface area contributed by atoms with Gasteiger partial charge in [0.25, 0.3) is 0 Å². The number of hydrogen-bond donors (Lipinski definition) is 2. The van der Waals surface area contributed by atoms with Gasteiger partial charge in [0.05, 0.1) is 19.2 Å². The lowest BCUT2D eigenvalue weighted by atomic mass is 10.1. The molecule has 0 unspecified atom stereocenters. The maximum Gasteiger partial charge on any atom is 0.221 e. The van der Waals surface area contributed by atoms with E-state index in [2.05, 4.69) is 39.8 Å². The van der Waals surface area contributed by atoms with Crippen LogP contribution in [0.1, 0.15) is 11.1 Å². The standard InChI is InChI=1S/C24H22N4O2S/c1-16-7-9-17(10-8-16)15-28-21-6-4-3-5-20(21)22(23(28)29)26-27-24(31)25-18-11-13-19(30-2)14-12-18/h3-14,29H,15H2,1-2H3,(H,25,31). The van der Waals surface area contributed by atoms with Gasteiger partial charge < -0.3 is 19.7 Å². The number of methoxy groups -OCH3 is 1. The smallest absolute Gasteiger partial charge is 0.221 e. The summed E-state index contributed by atoms with van der Waals surface area (Å²) in [5.41, 5.74) is 4.32. The third kappa shape index (κ3) is 4.57. The highest BCUT2D eigenvalue weighted by Crippen LogP contribution is 2.39. The van der Waals surface area contributed by atoms with Crippen molar-refractivity contribution >= 4 is 39.6 Å². The fourth-order valence-electron chi connectivity index (χ4n) is 3.32. The molecule has 0 saturated heterocycles. The second kappa shape index (κ2) is 8.97. The van der Waals surface area contributed by atoms with Gasteiger partial charge in [0.2, 0.25) is 11.0 Å². The van der Waals surface area contributed by atoms with Gasteiger partial charge >= 0.3 is 0 Å². The second-order valence-electron chi connectivity index (χ2n) is 7.12. The molecule has 0 aliphatic heterocycles. The van der Waals surface area contributed by atoms with Gasteiger partial charge in [0.15, 0.2) is 5.69 Å². The molecule has 0 fully saturated rings. The Hall–Kier alpha value is -3.71. The number of aromatic hydroxyl groups is 1. The number of nitrogens with one attached hydrogen (secondary N) is 1. The molecule has 2 N–H and O–H groups in total. The number of ether oxygens (including phenoxy) is 1. The number of aryl methyl sites for hydroxylation is 1. The van der Waals surface area contributed by atoms with E-state index in [1.165, 1.54) is 5.56 Å². The molecule has 0 aliphatic carbocycles. The van der Waals surface area contributed by atoms with Crippen molar-refractivity contribution < 1.29 is 9.84 Å². The average molecular weight is 431 g/mol. The lowest BCUT2D eigenvalue weighted by Gasteiger charge is -2.07. The quantitative estimate of drug-likeness (QED) is 0.292. The fraction of sp³-hybridized carbons (Fsp3) is 0.125. The highest BCUT2D eigenvalue weighted by atomic mass is 32.1. The van der Waals surface area contributed by atoms with Crippen LogP contribution in [0.3, 0.4) is 0 Å². The Kier molecular flexibility index (Phi) is 5.95. The van der Waals surface area contributed by atoms with Crippen molar-refractivity contribution in [1.82, 2.24) is 4.57 Å². The van der Waals surface area contributed by atoms with Gasteiger partial charge in [0, 0.05) is 11.1 Å². The number of rotatable bonds is 5. The first kappa shape index (κ1) is 20.6. The van der Waals surface area contributed by atoms with E-state index in [-0.39, 0.29) is 11.0 Å². The number of aromatic nitrogens is 1. The molecule has 0 spiro atoms. The lowest BCUT2D eigenvalue weighted by Crippen LogP contribution is -2.04. The lowest BCUT2D eigenvalue weighted by molar-refractivity contribution is 0.415. The molecular formula is C24H22N4O2S. The van der Waals surface area contributed by atoms with E-state index in [1.807, 2.05) is 60.0 Å². The van der Waals surface area contributed by atoms with Crippen molar-refractivity contribution in [1.29, 1.82) is 0 Å². The number of thiocarbonyl (C=S) groups is 1. The Morgan fingerprint density at radius 1 is 1.03 bits per heavy atom. The number of para-hydroxylation sites is 1. The summed E-state index contributed by atoms with van der Waals surface area (Å²) in [6, 6.07) is 23.3. The molecule has 1 heterocycles. The number of fused-ring (bicyclic) bond motifs is 1. The summed E-state index contributed by atoms with van der Waals surface area (Å²) in [6.07, 6.45) is 0. The van der Waals surface area contributed by atoms with Crippen molar-refractivity contribution in [3.05, 3.63) is 83.9 Å². The van der Waals surface area contributed by atoms with E-state index in [9.17, 15) is 5.11 Å². The minimum absolute atomic E-state index is 0.0535. The SMILES string of the molecule is COc1ccc(NC(=S)N=Nc2c(O)n(Cc3ccc(C)cc3)c3ccccc23)cc1. The van der Waals surface area contributed by atoms with Gasteiger partial charge in [-0.3, -0.25) is 0 Å². The summed E-state index contributed by atoms with van der Waals surface area (Å²) in [5, 5.41) is 23.3. The molecule has 1 aromatic heterocycles. The van der Waals surface area contributed by atoms with Gasteiger partial charge in [-0.05, 0) is 55.0 Å². The van der Waals surface area contributed by atoms with E-state index >= 15 is 0 Å². The summed E-state index contributed by atoms with van der Waals surface area (Å²) in [5.74, 6) is 0.808. The van der Waals surface area contributed by atoms with Gasteiger partial charge in [0.1, 0.15) is 5.75 Å². The van der Waals surface area contributed by atoms with E-state index in [0.29, 0.717) is 12.2 Å². The minimum Gasteiger partial charge on any atom is -0.497 e. The summed E-state index contributed by atoms with van der Waals surface area (Å²) >= 11 is 5.30. The summed E-state index contributed by atoms with van der Waals surface area (Å²) < 4.78 is 6.98. The zero-order valence-corrected chi connectivity index (χ0v) is 18.1. The van der Waals surface area contributed by atoms with Crippen LogP contribution in [0.25, 0.3) is 10.9 Å². The highest BCUT2D eigenvalue weighted by molar-refractivity contribution is 7.80. The van der Waals surface area contributed by atoms with Crippen LogP contribution in [0.15, 0.2) is 83.0 Å². The summed E-state index contributed by atoms with van der Waals surface area (Å²) in [4.78, 5) is 0. The van der Waals surface area contributed by atoms with Crippen molar-refractivity contribution in [3.8, 4) is 11.6 Å². The van der Waals surface area contributed by atoms with Crippen LogP contribution in [0.2, 0.25) is 0 Å². The molecule has 7 heteroatoms. The Balaban J connectivity index is 1.60. The molecule has 3 aromatic carbocycles. The van der Waals surface area contributed by atoms with Crippen LogP contribution in [0.4, 0.5) is 11.4 Å². The van der Waals surface area contributed by atoms with Crippen LogP contribution in [-0.2, 0) is 6.54 Å². The van der Waals surface area contributed by atoms with Crippen LogP contribution >= 0.6 is 12.2 Å². The fourth-order valence-corrected chi connectivity index (χ4v) is 3.48. The third-order valence-electron chi connectivity index (χ3n) is 4.96. The predicted octanol–water partition coefficient (Wildman–Crippen LogP) is 6.19. The molecule has 4 aromatic rings. The maximum atomic E-state index is 10.9. The van der Waals surface area contributed by atoms with E-state index in [0.717, 1.165) is 27.9 Å². The third-order valence-corrected chi connectivity index (χ3v) is 5.14. The average Bonchev–Trinajstić information content (AvgIpc) is 3.05. The zero-order chi connectivity index (χ0) is 21.8. The van der Waals surface area contributed by atoms with Gasteiger partial charge in [-0.2, -0.15) is 0 Å². The molecule has 4 rings (SSSR count). The number of azo groups is 1. The first-order valence-corrected chi connectivity index (χ1v) is 10.2. The monoisotopic (exact) mass is 430 g/mol. The van der Waals surface area contributed by atoms with Crippen molar-refractivity contribution in [2.75, 3.05) is 12.4 Å². The maximum absolute atomic E-state index is 10.9. The van der Waals surface area contributed by atoms with Crippen LogP contribution in [0, 0.1) is 6.92 Å². The molecule has 6 nitrogen and oxygen atoms in total. The predicted molar refractivity (Wildman–Crippen MR) is 128 cm³/mol. The molecule has 0 radical (unpaired) electrons. The molecule has 0 saturated carbocycles. The Labute approximate surface area is 185 Å². The zero-order valence-electron chi connectivity index (χ0n) is 17.2. The number of benzene rings is 3. The molecule has 156 valence electrons. The second-order valence-corrected chi connectivity index (χ2v) is 7.51. The summed E-state index contributed by atoms with van der Waals surface area (Å²) in [7, 11) is 1.61. The van der Waals surface area contributed by atoms with Crippen molar-refractivity contribution in [3.63, 3.8) is 0 Å². The Morgan fingerprint density at radius 2 is 1.74 bits per heavy atom. The van der Waals surface area contributed by atoms with E-state index < -0.39 is 0 Å². The topological polar surface area (TPSA) is 71.1 Å². The number of anilines is 1. The molecule has 0 amide bonds. The molecule has 0 atom stereocenters. The summed E-state index contributed by atoms with van der Waals surface area (Å²) in [6.45, 7) is 2.57. The van der Waals surface area contributed by atoms with Crippen LogP contribution < -0.4 is 10.1 Å². The van der Waals surface area contributed by atoms with E-state index in [4.69, 9.17) is 17.0 Å². The van der Waals surface area contributed by atoms with Gasteiger partial charge in [-0.1, -0.05) is 48.0 Å². The number of hydrogen-bond acceptors (Lipinski definition) is 4. The van der Waals surface area contributed by atoms with Crippen LogP contribution in [-0.4, -0.2) is 21.9 Å². The first-order chi connectivity index (χ1) is 15.0. The Morgan fingerprint density at radius 3 is 2.45 bits per heavy atom. The minimum atomic E-state index is 0.0535. The van der Waals surface area contributed by atoms with Gasteiger partial charge in [-0.15, -0.1) is 10.2 Å². The normalized spacial score (nSPS) is 11.2. The van der Waals surface area contributed by atoms with Crippen molar-refractivity contribution in [2.45, 2.75) is 13.5 Å².